The molecule has 0 amide bonds. The molecular formula is C8H8NO2S. The first kappa shape index (κ1) is 9.06. The van der Waals surface area contributed by atoms with Crippen LogP contribution in [0.15, 0.2) is 23.4 Å². The number of aliphatic carboxylic acids is 1. The van der Waals surface area contributed by atoms with Gasteiger partial charge in [-0.3, -0.25) is 4.79 Å². The Balaban J connectivity index is 2.29. The molecule has 0 saturated carbocycles. The Hall–Kier alpha value is -1.03. The molecule has 1 N–H and O–H groups in total. The van der Waals surface area contributed by atoms with Crippen LogP contribution in [0.2, 0.25) is 0 Å². The van der Waals surface area contributed by atoms with Crippen LogP contribution in [0.4, 0.5) is 0 Å². The Labute approximate surface area is 74.8 Å². The van der Waals surface area contributed by atoms with Crippen molar-refractivity contribution in [3.05, 3.63) is 24.4 Å². The van der Waals surface area contributed by atoms with Crippen molar-refractivity contribution in [1.29, 1.82) is 0 Å². The van der Waals surface area contributed by atoms with Crippen LogP contribution in [0.1, 0.15) is 6.42 Å². The van der Waals surface area contributed by atoms with E-state index in [1.807, 2.05) is 0 Å². The number of carbonyl (C=O) groups is 1. The summed E-state index contributed by atoms with van der Waals surface area (Å²) in [5.41, 5.74) is 0. The number of hydrogen-bond acceptors (Lipinski definition) is 3. The van der Waals surface area contributed by atoms with Crippen molar-refractivity contribution in [3.8, 4) is 0 Å². The molecule has 63 valence electrons. The number of rotatable bonds is 4. The van der Waals surface area contributed by atoms with Gasteiger partial charge in [0.15, 0.2) is 0 Å². The molecule has 3 nitrogen and oxygen atoms in total. The second-order valence-corrected chi connectivity index (χ2v) is 3.16. The Morgan fingerprint density at radius 3 is 3.17 bits per heavy atom. The highest BCUT2D eigenvalue weighted by Gasteiger charge is 1.98. The second-order valence-electron chi connectivity index (χ2n) is 2.08. The maximum absolute atomic E-state index is 10.1. The van der Waals surface area contributed by atoms with Gasteiger partial charge in [-0.05, 0) is 6.07 Å². The summed E-state index contributed by atoms with van der Waals surface area (Å²) < 4.78 is 0. The number of pyridine rings is 1. The van der Waals surface area contributed by atoms with Crippen molar-refractivity contribution in [2.24, 2.45) is 0 Å². The quantitative estimate of drug-likeness (QED) is 0.716. The molecule has 0 fully saturated rings. The predicted octanol–water partition coefficient (Wildman–Crippen LogP) is 1.45. The van der Waals surface area contributed by atoms with Crippen LogP contribution in [-0.4, -0.2) is 21.8 Å². The molecule has 1 radical (unpaired) electrons. The fourth-order valence-electron chi connectivity index (χ4n) is 0.624. The minimum Gasteiger partial charge on any atom is -0.481 e. The first-order valence-electron chi connectivity index (χ1n) is 3.46. The summed E-state index contributed by atoms with van der Waals surface area (Å²) in [6.07, 6.45) is 1.83. The van der Waals surface area contributed by atoms with Gasteiger partial charge < -0.3 is 5.11 Å². The number of aromatic nitrogens is 1. The summed E-state index contributed by atoms with van der Waals surface area (Å²) in [4.78, 5) is 14.1. The van der Waals surface area contributed by atoms with Crippen LogP contribution in [0.5, 0.6) is 0 Å². The molecule has 0 bridgehead atoms. The molecule has 4 heteroatoms. The van der Waals surface area contributed by atoms with Gasteiger partial charge in [-0.25, -0.2) is 4.98 Å². The third kappa shape index (κ3) is 3.39. The van der Waals surface area contributed by atoms with Crippen LogP contribution in [0.25, 0.3) is 0 Å². The lowest BCUT2D eigenvalue weighted by Crippen LogP contribution is -1.95. The summed E-state index contributed by atoms with van der Waals surface area (Å²) in [5.74, 6) is -0.235. The first-order chi connectivity index (χ1) is 5.79. The molecule has 0 aromatic carbocycles. The highest BCUT2D eigenvalue weighted by atomic mass is 32.2. The summed E-state index contributed by atoms with van der Waals surface area (Å²) in [5, 5.41) is 9.10. The predicted molar refractivity (Wildman–Crippen MR) is 46.0 cm³/mol. The molecular weight excluding hydrogens is 174 g/mol. The highest BCUT2D eigenvalue weighted by molar-refractivity contribution is 7.99. The van der Waals surface area contributed by atoms with Gasteiger partial charge in [0.05, 0.1) is 6.42 Å². The number of nitrogens with zero attached hydrogens (tertiary/aromatic N) is 1. The topological polar surface area (TPSA) is 50.2 Å². The van der Waals surface area contributed by atoms with Gasteiger partial charge in [0.25, 0.3) is 0 Å². The molecule has 1 heterocycles. The Morgan fingerprint density at radius 2 is 2.58 bits per heavy atom. The lowest BCUT2D eigenvalue weighted by Gasteiger charge is -1.95. The van der Waals surface area contributed by atoms with E-state index in [2.05, 4.69) is 11.1 Å². The van der Waals surface area contributed by atoms with E-state index in [-0.39, 0.29) is 6.42 Å². The maximum atomic E-state index is 10.1. The van der Waals surface area contributed by atoms with Crippen LogP contribution < -0.4 is 0 Å². The van der Waals surface area contributed by atoms with Crippen molar-refractivity contribution in [1.82, 2.24) is 4.98 Å². The zero-order chi connectivity index (χ0) is 8.81. The molecule has 0 saturated heterocycles. The molecule has 12 heavy (non-hydrogen) atoms. The molecule has 1 aromatic heterocycles. The lowest BCUT2D eigenvalue weighted by molar-refractivity contribution is -0.136. The summed E-state index contributed by atoms with van der Waals surface area (Å²) >= 11 is 1.40. The third-order valence-electron chi connectivity index (χ3n) is 1.14. The zero-order valence-electron chi connectivity index (χ0n) is 6.36. The average molecular weight is 182 g/mol. The monoisotopic (exact) mass is 182 g/mol. The van der Waals surface area contributed by atoms with Crippen molar-refractivity contribution < 1.29 is 9.90 Å². The number of thioether (sulfide) groups is 1. The molecule has 0 unspecified atom stereocenters. The van der Waals surface area contributed by atoms with Gasteiger partial charge >= 0.3 is 5.97 Å². The molecule has 0 aliphatic carbocycles. The minimum absolute atomic E-state index is 0.162. The highest BCUT2D eigenvalue weighted by Crippen LogP contribution is 2.13. The van der Waals surface area contributed by atoms with E-state index >= 15 is 0 Å². The molecule has 1 rings (SSSR count). The van der Waals surface area contributed by atoms with E-state index in [9.17, 15) is 4.79 Å². The average Bonchev–Trinajstić information content (AvgIpc) is 2.05. The molecule has 0 spiro atoms. The number of carboxylic acid groups (broad SMARTS) is 1. The largest absolute Gasteiger partial charge is 0.481 e. The normalized spacial score (nSPS) is 9.67. The fourth-order valence-corrected chi connectivity index (χ4v) is 1.38. The summed E-state index contributed by atoms with van der Waals surface area (Å²) in [6, 6.07) is 6.44. The lowest BCUT2D eigenvalue weighted by atomic mass is 10.5. The molecule has 0 aliphatic heterocycles. The fraction of sp³-hybridized carbons (Fsp3) is 0.250. The van der Waals surface area contributed by atoms with Gasteiger partial charge in [0.2, 0.25) is 0 Å². The summed E-state index contributed by atoms with van der Waals surface area (Å²) in [7, 11) is 0. The zero-order valence-corrected chi connectivity index (χ0v) is 7.17. The second kappa shape index (κ2) is 4.77. The Bertz CT molecular complexity index is 250. The molecule has 1 aromatic rings. The smallest absolute Gasteiger partial charge is 0.304 e. The molecule has 0 aliphatic rings. The van der Waals surface area contributed by atoms with Gasteiger partial charge in [0.1, 0.15) is 5.03 Å². The van der Waals surface area contributed by atoms with E-state index in [0.717, 1.165) is 5.03 Å². The van der Waals surface area contributed by atoms with Gasteiger partial charge in [0, 0.05) is 18.0 Å². The SMILES string of the molecule is O=C(O)CCSc1[c]cccn1. The third-order valence-corrected chi connectivity index (χ3v) is 2.04. The van der Waals surface area contributed by atoms with Gasteiger partial charge in [-0.2, -0.15) is 0 Å². The van der Waals surface area contributed by atoms with Crippen molar-refractivity contribution in [3.63, 3.8) is 0 Å². The maximum Gasteiger partial charge on any atom is 0.304 e. The van der Waals surface area contributed by atoms with E-state index in [0.29, 0.717) is 5.75 Å². The van der Waals surface area contributed by atoms with Gasteiger partial charge in [-0.1, -0.05) is 6.07 Å². The number of carboxylic acids is 1. The van der Waals surface area contributed by atoms with E-state index in [1.54, 1.807) is 18.3 Å². The van der Waals surface area contributed by atoms with Crippen LogP contribution in [0, 0.1) is 6.07 Å². The van der Waals surface area contributed by atoms with Crippen LogP contribution in [0.3, 0.4) is 0 Å². The Kier molecular flexibility index (Phi) is 3.60. The minimum atomic E-state index is -0.779. The Morgan fingerprint density at radius 1 is 1.75 bits per heavy atom. The number of hydrogen-bond donors (Lipinski definition) is 1. The van der Waals surface area contributed by atoms with Gasteiger partial charge in [-0.15, -0.1) is 11.8 Å². The first-order valence-corrected chi connectivity index (χ1v) is 4.45. The van der Waals surface area contributed by atoms with E-state index < -0.39 is 5.97 Å². The van der Waals surface area contributed by atoms with Crippen molar-refractivity contribution in [2.45, 2.75) is 11.4 Å². The van der Waals surface area contributed by atoms with Crippen LogP contribution >= 0.6 is 11.8 Å². The van der Waals surface area contributed by atoms with E-state index in [1.165, 1.54) is 11.8 Å². The van der Waals surface area contributed by atoms with E-state index in [4.69, 9.17) is 5.11 Å². The van der Waals surface area contributed by atoms with Crippen LogP contribution in [-0.2, 0) is 4.79 Å². The standard InChI is InChI=1S/C8H8NO2S/c10-8(11)4-6-12-7-3-1-2-5-9-7/h1-2,5H,4,6H2,(H,10,11). The summed E-state index contributed by atoms with van der Waals surface area (Å²) in [6.45, 7) is 0. The van der Waals surface area contributed by atoms with Crippen molar-refractivity contribution in [2.75, 3.05) is 5.75 Å². The van der Waals surface area contributed by atoms with Crippen molar-refractivity contribution >= 4 is 17.7 Å². The molecule has 0 atom stereocenters.